The highest BCUT2D eigenvalue weighted by atomic mass is 19.1. The van der Waals surface area contributed by atoms with Gasteiger partial charge in [0, 0.05) is 33.5 Å². The molecule has 0 aliphatic carbocycles. The van der Waals surface area contributed by atoms with E-state index >= 15 is 0 Å². The lowest BCUT2D eigenvalue weighted by Crippen LogP contribution is -2.10. The summed E-state index contributed by atoms with van der Waals surface area (Å²) in [5, 5.41) is -0.203. The zero-order valence-electron chi connectivity index (χ0n) is 15.6. The summed E-state index contributed by atoms with van der Waals surface area (Å²) in [5.74, 6) is -0.491. The Morgan fingerprint density at radius 1 is 0.821 bits per heavy atom. The molecular formula is C19H19FO8. The Morgan fingerprint density at radius 2 is 1.46 bits per heavy atom. The zero-order chi connectivity index (χ0) is 20.1. The van der Waals surface area contributed by atoms with Crippen molar-refractivity contribution in [2.75, 3.05) is 41.7 Å². The van der Waals surface area contributed by atoms with Crippen LogP contribution >= 0.6 is 0 Å². The van der Waals surface area contributed by atoms with E-state index in [1.54, 1.807) is 0 Å². The second-order valence-corrected chi connectivity index (χ2v) is 5.63. The summed E-state index contributed by atoms with van der Waals surface area (Å²) in [5.41, 5.74) is -0.385. The van der Waals surface area contributed by atoms with E-state index in [9.17, 15) is 9.18 Å². The van der Waals surface area contributed by atoms with Crippen LogP contribution in [0.15, 0.2) is 33.5 Å². The molecule has 0 aliphatic heterocycles. The quantitative estimate of drug-likeness (QED) is 0.404. The third-order valence-electron chi connectivity index (χ3n) is 3.79. The Balaban J connectivity index is 2.24. The minimum Gasteiger partial charge on any atom is -0.467 e. The summed E-state index contributed by atoms with van der Waals surface area (Å²) >= 11 is 0. The van der Waals surface area contributed by atoms with Crippen LogP contribution in [0.25, 0.3) is 21.9 Å². The van der Waals surface area contributed by atoms with Gasteiger partial charge >= 0.3 is 0 Å². The molecule has 1 heterocycles. The van der Waals surface area contributed by atoms with Crippen molar-refractivity contribution in [3.05, 3.63) is 40.3 Å². The van der Waals surface area contributed by atoms with E-state index in [4.69, 9.17) is 32.8 Å². The number of halogens is 1. The molecule has 8 nitrogen and oxygen atoms in total. The molecule has 0 saturated heterocycles. The van der Waals surface area contributed by atoms with E-state index in [0.717, 1.165) is 0 Å². The molecule has 28 heavy (non-hydrogen) atoms. The van der Waals surface area contributed by atoms with E-state index in [1.165, 1.54) is 45.6 Å². The molecule has 3 rings (SSSR count). The third kappa shape index (κ3) is 3.86. The molecule has 0 fully saturated rings. The molecule has 0 amide bonds. The number of rotatable bonds is 9. The number of hydrogen-bond acceptors (Lipinski definition) is 8. The summed E-state index contributed by atoms with van der Waals surface area (Å²) in [4.78, 5) is 13.1. The molecular weight excluding hydrogens is 375 g/mol. The molecule has 0 aliphatic rings. The van der Waals surface area contributed by atoms with Crippen LogP contribution in [-0.2, 0) is 14.2 Å². The molecule has 1 aromatic heterocycles. The largest absolute Gasteiger partial charge is 0.467 e. The Labute approximate surface area is 159 Å². The third-order valence-corrected chi connectivity index (χ3v) is 3.79. The number of fused-ring (bicyclic) bond motifs is 2. The van der Waals surface area contributed by atoms with Gasteiger partial charge in [0.15, 0.2) is 31.9 Å². The minimum absolute atomic E-state index is 0.0120. The van der Waals surface area contributed by atoms with Crippen molar-refractivity contribution in [2.24, 2.45) is 0 Å². The molecule has 0 atom stereocenters. The average Bonchev–Trinajstić information content (AvgIpc) is 2.69. The number of benzene rings is 2. The maximum absolute atomic E-state index is 14.9. The standard InChI is InChI=1S/C19H19FO8/c1-22-8-25-11-6-14(27-10-24-3)16-15(7-11)28-12-4-5-13(26-9-23-2)18(20)17(12)19(16)21/h4-7H,8-10H2,1-3H3. The summed E-state index contributed by atoms with van der Waals surface area (Å²) in [6.45, 7) is -0.300. The van der Waals surface area contributed by atoms with Gasteiger partial charge in [-0.25, -0.2) is 4.39 Å². The number of methoxy groups -OCH3 is 3. The van der Waals surface area contributed by atoms with Crippen LogP contribution in [0.2, 0.25) is 0 Å². The van der Waals surface area contributed by atoms with E-state index < -0.39 is 11.2 Å². The fourth-order valence-corrected chi connectivity index (χ4v) is 2.63. The van der Waals surface area contributed by atoms with Crippen LogP contribution < -0.4 is 19.6 Å². The monoisotopic (exact) mass is 394 g/mol. The normalized spacial score (nSPS) is 11.1. The second kappa shape index (κ2) is 8.87. The van der Waals surface area contributed by atoms with E-state index in [1.807, 2.05) is 0 Å². The SMILES string of the molecule is COCOc1cc(OCOC)c2c(=O)c3c(F)c(OCOC)ccc3oc2c1. The summed E-state index contributed by atoms with van der Waals surface area (Å²) < 4.78 is 51.2. The maximum atomic E-state index is 14.9. The van der Waals surface area contributed by atoms with Gasteiger partial charge in [0.25, 0.3) is 0 Å². The van der Waals surface area contributed by atoms with Gasteiger partial charge in [-0.1, -0.05) is 0 Å². The lowest BCUT2D eigenvalue weighted by atomic mass is 10.1. The Bertz CT molecular complexity index is 1030. The lowest BCUT2D eigenvalue weighted by molar-refractivity contribution is 0.0467. The molecule has 9 heteroatoms. The first kappa shape index (κ1) is 19.9. The van der Waals surface area contributed by atoms with Crippen molar-refractivity contribution in [3.63, 3.8) is 0 Å². The molecule has 0 bridgehead atoms. The van der Waals surface area contributed by atoms with Crippen molar-refractivity contribution < 1.29 is 37.2 Å². The fraction of sp³-hybridized carbons (Fsp3) is 0.316. The smallest absolute Gasteiger partial charge is 0.207 e. The van der Waals surface area contributed by atoms with Crippen LogP contribution in [0.4, 0.5) is 4.39 Å². The molecule has 0 unspecified atom stereocenters. The highest BCUT2D eigenvalue weighted by Gasteiger charge is 2.20. The Morgan fingerprint density at radius 3 is 2.14 bits per heavy atom. The molecule has 2 aromatic carbocycles. The summed E-state index contributed by atoms with van der Waals surface area (Å²) in [6, 6.07) is 5.79. The lowest BCUT2D eigenvalue weighted by Gasteiger charge is -2.13. The molecule has 0 spiro atoms. The van der Waals surface area contributed by atoms with Crippen LogP contribution in [0, 0.1) is 5.82 Å². The molecule has 0 radical (unpaired) electrons. The fourth-order valence-electron chi connectivity index (χ4n) is 2.63. The van der Waals surface area contributed by atoms with Gasteiger partial charge < -0.3 is 32.8 Å². The van der Waals surface area contributed by atoms with Gasteiger partial charge in [-0.3, -0.25) is 4.79 Å². The van der Waals surface area contributed by atoms with E-state index in [2.05, 4.69) is 0 Å². The first-order valence-electron chi connectivity index (χ1n) is 8.19. The van der Waals surface area contributed by atoms with Gasteiger partial charge in [0.1, 0.15) is 33.4 Å². The first-order valence-corrected chi connectivity index (χ1v) is 8.19. The maximum Gasteiger partial charge on any atom is 0.207 e. The van der Waals surface area contributed by atoms with Gasteiger partial charge in [-0.15, -0.1) is 0 Å². The van der Waals surface area contributed by atoms with Crippen molar-refractivity contribution in [1.29, 1.82) is 0 Å². The predicted octanol–water partition coefficient (Wildman–Crippen LogP) is 3.03. The van der Waals surface area contributed by atoms with Crippen LogP contribution in [0.3, 0.4) is 0 Å². The van der Waals surface area contributed by atoms with Gasteiger partial charge in [-0.2, -0.15) is 0 Å². The average molecular weight is 394 g/mol. The van der Waals surface area contributed by atoms with Crippen LogP contribution in [-0.4, -0.2) is 41.7 Å². The van der Waals surface area contributed by atoms with Gasteiger partial charge in [0.2, 0.25) is 5.43 Å². The van der Waals surface area contributed by atoms with Crippen molar-refractivity contribution in [2.45, 2.75) is 0 Å². The van der Waals surface area contributed by atoms with Crippen LogP contribution in [0.1, 0.15) is 0 Å². The van der Waals surface area contributed by atoms with E-state index in [-0.39, 0.29) is 53.8 Å². The molecule has 3 aromatic rings. The number of ether oxygens (including phenoxy) is 6. The van der Waals surface area contributed by atoms with E-state index in [0.29, 0.717) is 5.75 Å². The first-order chi connectivity index (χ1) is 13.6. The van der Waals surface area contributed by atoms with Crippen molar-refractivity contribution in [1.82, 2.24) is 0 Å². The van der Waals surface area contributed by atoms with Crippen molar-refractivity contribution in [3.8, 4) is 17.2 Å². The summed E-state index contributed by atoms with van der Waals surface area (Å²) in [6.07, 6.45) is 0. The number of hydrogen-bond donors (Lipinski definition) is 0. The Kier molecular flexibility index (Phi) is 6.30. The highest BCUT2D eigenvalue weighted by molar-refractivity contribution is 5.94. The van der Waals surface area contributed by atoms with Crippen LogP contribution in [0.5, 0.6) is 17.2 Å². The van der Waals surface area contributed by atoms with Crippen molar-refractivity contribution >= 4 is 21.9 Å². The predicted molar refractivity (Wildman–Crippen MR) is 97.5 cm³/mol. The molecule has 150 valence electrons. The second-order valence-electron chi connectivity index (χ2n) is 5.63. The summed E-state index contributed by atoms with van der Waals surface area (Å²) in [7, 11) is 4.32. The van der Waals surface area contributed by atoms with Gasteiger partial charge in [-0.05, 0) is 12.1 Å². The molecule has 0 saturated carbocycles. The highest BCUT2D eigenvalue weighted by Crippen LogP contribution is 2.33. The minimum atomic E-state index is -0.845. The zero-order valence-corrected chi connectivity index (χ0v) is 15.6. The Hall–Kier alpha value is -2.88. The topological polar surface area (TPSA) is 85.6 Å². The van der Waals surface area contributed by atoms with Gasteiger partial charge in [0.05, 0.1) is 0 Å². The molecule has 0 N–H and O–H groups in total.